The maximum atomic E-state index is 4.50. The van der Waals surface area contributed by atoms with E-state index in [4.69, 9.17) is 0 Å². The van der Waals surface area contributed by atoms with Crippen molar-refractivity contribution in [2.75, 3.05) is 36.0 Å². The number of hydrogen-bond acceptors (Lipinski definition) is 6. The van der Waals surface area contributed by atoms with Gasteiger partial charge in [0, 0.05) is 37.6 Å². The number of azo groups is 2. The molecule has 0 saturated carbocycles. The Morgan fingerprint density at radius 2 is 0.604 bits per heavy atom. The van der Waals surface area contributed by atoms with Gasteiger partial charge in [-0.25, -0.2) is 0 Å². The number of benzene rings is 4. The number of rotatable bonds is 21. The summed E-state index contributed by atoms with van der Waals surface area (Å²) in [6, 6.07) is 33.4. The first-order chi connectivity index (χ1) is 23.6. The van der Waals surface area contributed by atoms with Crippen LogP contribution >= 0.6 is 0 Å². The van der Waals surface area contributed by atoms with Gasteiger partial charge in [-0.15, -0.1) is 0 Å². The normalized spacial score (nSPS) is 11.5. The van der Waals surface area contributed by atoms with Crippen LogP contribution in [0.1, 0.15) is 91.9 Å². The molecule has 4 aromatic rings. The monoisotopic (exact) mass is 644 g/mol. The third-order valence-corrected chi connectivity index (χ3v) is 8.69. The first kappa shape index (κ1) is 36.5. The second kappa shape index (κ2) is 20.8. The largest absolute Gasteiger partial charge is 0.372 e. The Kier molecular flexibility index (Phi) is 15.8. The molecule has 0 radical (unpaired) electrons. The molecule has 0 aliphatic carbocycles. The molecule has 4 aromatic carbocycles. The zero-order valence-corrected chi connectivity index (χ0v) is 29.8. The highest BCUT2D eigenvalue weighted by Crippen LogP contribution is 2.28. The van der Waals surface area contributed by atoms with Crippen molar-refractivity contribution in [2.45, 2.75) is 91.9 Å². The summed E-state index contributed by atoms with van der Waals surface area (Å²) in [7, 11) is 0. The predicted molar refractivity (Wildman–Crippen MR) is 206 cm³/mol. The second-order valence-corrected chi connectivity index (χ2v) is 12.6. The fraction of sp³-hybridized carbons (Fsp3) is 0.429. The minimum Gasteiger partial charge on any atom is -0.372 e. The summed E-state index contributed by atoms with van der Waals surface area (Å²) in [5.41, 5.74) is 8.18. The Morgan fingerprint density at radius 1 is 0.333 bits per heavy atom. The van der Waals surface area contributed by atoms with Crippen LogP contribution < -0.4 is 9.80 Å². The quantitative estimate of drug-likeness (QED) is 0.0669. The van der Waals surface area contributed by atoms with E-state index in [0.717, 1.165) is 60.1 Å². The molecule has 0 bridgehead atoms. The molecule has 6 nitrogen and oxygen atoms in total. The van der Waals surface area contributed by atoms with E-state index in [2.05, 4.69) is 131 Å². The van der Waals surface area contributed by atoms with E-state index in [0.29, 0.717) is 0 Å². The Morgan fingerprint density at radius 3 is 0.896 bits per heavy atom. The highest BCUT2D eigenvalue weighted by atomic mass is 15.1. The number of nitrogens with zero attached hydrogens (tertiary/aromatic N) is 6. The number of hydrogen-bond donors (Lipinski definition) is 0. The van der Waals surface area contributed by atoms with E-state index in [9.17, 15) is 0 Å². The van der Waals surface area contributed by atoms with Crippen molar-refractivity contribution in [3.63, 3.8) is 0 Å². The van der Waals surface area contributed by atoms with Crippen LogP contribution in [0.2, 0.25) is 0 Å². The molecule has 0 amide bonds. The van der Waals surface area contributed by atoms with Crippen LogP contribution in [0.25, 0.3) is 11.1 Å². The zero-order chi connectivity index (χ0) is 33.8. The summed E-state index contributed by atoms with van der Waals surface area (Å²) in [4.78, 5) is 5.01. The van der Waals surface area contributed by atoms with E-state index < -0.39 is 0 Å². The van der Waals surface area contributed by atoms with E-state index in [1.54, 1.807) is 0 Å². The van der Waals surface area contributed by atoms with Crippen LogP contribution in [0.5, 0.6) is 0 Å². The topological polar surface area (TPSA) is 55.9 Å². The molecule has 6 heteroatoms. The van der Waals surface area contributed by atoms with Crippen LogP contribution in [-0.4, -0.2) is 26.2 Å². The van der Waals surface area contributed by atoms with Crippen LogP contribution in [0.15, 0.2) is 118 Å². The van der Waals surface area contributed by atoms with Crippen LogP contribution in [0.4, 0.5) is 34.1 Å². The van der Waals surface area contributed by atoms with E-state index in [1.807, 2.05) is 24.3 Å². The Bertz CT molecular complexity index is 1380. The molecule has 0 saturated heterocycles. The number of unbranched alkanes of at least 4 members (excludes halogenated alkanes) is 6. The van der Waals surface area contributed by atoms with Crippen molar-refractivity contribution in [1.82, 2.24) is 0 Å². The molecule has 0 aliphatic heterocycles. The first-order valence-electron chi connectivity index (χ1n) is 18.4. The molecule has 0 N–H and O–H groups in total. The smallest absolute Gasteiger partial charge is 0.0858 e. The minimum atomic E-state index is 0.831. The molecule has 0 spiro atoms. The maximum Gasteiger partial charge on any atom is 0.0858 e. The van der Waals surface area contributed by atoms with Crippen molar-refractivity contribution >= 4 is 34.1 Å². The molecule has 0 unspecified atom stereocenters. The summed E-state index contributed by atoms with van der Waals surface area (Å²) in [6.07, 6.45) is 12.4. The van der Waals surface area contributed by atoms with Crippen molar-refractivity contribution in [1.29, 1.82) is 0 Å². The predicted octanol–water partition coefficient (Wildman–Crippen LogP) is 13.8. The van der Waals surface area contributed by atoms with Gasteiger partial charge >= 0.3 is 0 Å². The molecule has 4 rings (SSSR count). The van der Waals surface area contributed by atoms with E-state index in [1.165, 1.54) is 75.6 Å². The SMILES string of the molecule is CCCCCN(CCCC)c1ccc(N=Nc2ccc(-c3ccc(N=Nc4ccc(N(CCCC)CCCCC)cc4)cc3)cc2)cc1. The molecule has 0 fully saturated rings. The fourth-order valence-electron chi connectivity index (χ4n) is 5.68. The van der Waals surface area contributed by atoms with Gasteiger partial charge in [0.05, 0.1) is 22.7 Å². The maximum absolute atomic E-state index is 4.50. The summed E-state index contributed by atoms with van der Waals surface area (Å²) in [5.74, 6) is 0. The average molecular weight is 645 g/mol. The van der Waals surface area contributed by atoms with E-state index >= 15 is 0 Å². The first-order valence-corrected chi connectivity index (χ1v) is 18.4. The summed E-state index contributed by atoms with van der Waals surface area (Å²) in [6.45, 7) is 13.4. The Hall–Kier alpha value is -4.32. The lowest BCUT2D eigenvalue weighted by Crippen LogP contribution is -2.25. The molecule has 254 valence electrons. The average Bonchev–Trinajstić information content (AvgIpc) is 3.14. The van der Waals surface area contributed by atoms with Crippen LogP contribution in [0, 0.1) is 0 Å². The van der Waals surface area contributed by atoms with Gasteiger partial charge in [0.2, 0.25) is 0 Å². The van der Waals surface area contributed by atoms with Gasteiger partial charge in [-0.1, -0.05) is 90.5 Å². The van der Waals surface area contributed by atoms with Gasteiger partial charge in [-0.05, 0) is 110 Å². The standard InChI is InChI=1S/C42H56N6/c1-5-9-13-33-47(31-11-7-3)41-27-23-39(24-28-41)45-43-37-19-15-35(16-20-37)36-17-21-38(22-18-36)44-46-40-25-29-42(30-26-40)48(32-12-8-4)34-14-10-6-2/h15-30H,5-14,31-34H2,1-4H3. The van der Waals surface area contributed by atoms with Gasteiger partial charge in [0.1, 0.15) is 0 Å². The van der Waals surface area contributed by atoms with E-state index in [-0.39, 0.29) is 0 Å². The van der Waals surface area contributed by atoms with Crippen molar-refractivity contribution in [3.8, 4) is 11.1 Å². The summed E-state index contributed by atoms with van der Waals surface area (Å²) in [5, 5.41) is 18.0. The third-order valence-electron chi connectivity index (χ3n) is 8.69. The Labute approximate surface area is 290 Å². The van der Waals surface area contributed by atoms with Gasteiger partial charge < -0.3 is 9.80 Å². The fourth-order valence-corrected chi connectivity index (χ4v) is 5.68. The molecule has 0 aromatic heterocycles. The van der Waals surface area contributed by atoms with Crippen LogP contribution in [-0.2, 0) is 0 Å². The molecule has 0 aliphatic rings. The van der Waals surface area contributed by atoms with Crippen LogP contribution in [0.3, 0.4) is 0 Å². The van der Waals surface area contributed by atoms with Gasteiger partial charge in [0.15, 0.2) is 0 Å². The van der Waals surface area contributed by atoms with Crippen molar-refractivity contribution in [3.05, 3.63) is 97.1 Å². The molecule has 0 heterocycles. The lowest BCUT2D eigenvalue weighted by molar-refractivity contribution is 0.653. The highest BCUT2D eigenvalue weighted by Gasteiger charge is 2.07. The highest BCUT2D eigenvalue weighted by molar-refractivity contribution is 5.67. The zero-order valence-electron chi connectivity index (χ0n) is 29.8. The summed E-state index contributed by atoms with van der Waals surface area (Å²) >= 11 is 0. The number of anilines is 2. The molecular formula is C42H56N6. The summed E-state index contributed by atoms with van der Waals surface area (Å²) < 4.78 is 0. The van der Waals surface area contributed by atoms with Crippen molar-refractivity contribution in [2.24, 2.45) is 20.5 Å². The van der Waals surface area contributed by atoms with Gasteiger partial charge in [-0.3, -0.25) is 0 Å². The third kappa shape index (κ3) is 12.0. The molecular weight excluding hydrogens is 589 g/mol. The Balaban J connectivity index is 1.31. The van der Waals surface area contributed by atoms with Crippen molar-refractivity contribution < 1.29 is 0 Å². The van der Waals surface area contributed by atoms with Gasteiger partial charge in [-0.2, -0.15) is 20.5 Å². The lowest BCUT2D eigenvalue weighted by Gasteiger charge is -2.24. The molecule has 0 atom stereocenters. The second-order valence-electron chi connectivity index (χ2n) is 12.6. The van der Waals surface area contributed by atoms with Gasteiger partial charge in [0.25, 0.3) is 0 Å². The molecule has 48 heavy (non-hydrogen) atoms. The lowest BCUT2D eigenvalue weighted by atomic mass is 10.1. The minimum absolute atomic E-state index is 0.831.